The van der Waals surface area contributed by atoms with Gasteiger partial charge in [0.25, 0.3) is 0 Å². The van der Waals surface area contributed by atoms with E-state index in [4.69, 9.17) is 5.26 Å². The summed E-state index contributed by atoms with van der Waals surface area (Å²) in [6.45, 7) is 7.60. The van der Waals surface area contributed by atoms with Crippen LogP contribution < -0.4 is 5.32 Å². The lowest BCUT2D eigenvalue weighted by Crippen LogP contribution is -2.40. The van der Waals surface area contributed by atoms with Gasteiger partial charge in [-0.3, -0.25) is 4.79 Å². The fourth-order valence-electron chi connectivity index (χ4n) is 1.90. The van der Waals surface area contributed by atoms with Gasteiger partial charge in [-0.1, -0.05) is 20.3 Å². The van der Waals surface area contributed by atoms with Gasteiger partial charge in [-0.15, -0.1) is 0 Å². The smallest absolute Gasteiger partial charge is 0.159 e. The monoisotopic (exact) mass is 274 g/mol. The van der Waals surface area contributed by atoms with E-state index < -0.39 is 5.60 Å². The Morgan fingerprint density at radius 2 is 2.20 bits per heavy atom. The van der Waals surface area contributed by atoms with Gasteiger partial charge in [0, 0.05) is 12.1 Å². The summed E-state index contributed by atoms with van der Waals surface area (Å²) in [7, 11) is 0. The summed E-state index contributed by atoms with van der Waals surface area (Å²) in [5.41, 5.74) is 0.738. The Morgan fingerprint density at radius 3 is 2.70 bits per heavy atom. The van der Waals surface area contributed by atoms with Gasteiger partial charge in [0.2, 0.25) is 0 Å². The molecule has 0 fully saturated rings. The summed E-state index contributed by atoms with van der Waals surface area (Å²) in [6, 6.07) is 7.01. The number of benzene rings is 1. The second-order valence-corrected chi connectivity index (χ2v) is 5.45. The number of carbonyl (C=O) groups is 1. The molecule has 0 amide bonds. The van der Waals surface area contributed by atoms with Crippen molar-refractivity contribution in [1.82, 2.24) is 0 Å². The zero-order valence-corrected chi connectivity index (χ0v) is 12.5. The van der Waals surface area contributed by atoms with Crippen LogP contribution in [0, 0.1) is 17.2 Å². The van der Waals surface area contributed by atoms with E-state index in [1.807, 2.05) is 13.8 Å². The molecule has 2 unspecified atom stereocenters. The predicted molar refractivity (Wildman–Crippen MR) is 79.7 cm³/mol. The number of nitrogens with one attached hydrogen (secondary N) is 1. The maximum absolute atomic E-state index is 11.4. The first-order valence-corrected chi connectivity index (χ1v) is 6.83. The van der Waals surface area contributed by atoms with E-state index in [0.29, 0.717) is 23.4 Å². The third kappa shape index (κ3) is 3.82. The summed E-state index contributed by atoms with van der Waals surface area (Å²) in [6.07, 6.45) is 0.868. The van der Waals surface area contributed by atoms with Gasteiger partial charge in [0.05, 0.1) is 16.9 Å². The Morgan fingerprint density at radius 1 is 1.55 bits per heavy atom. The van der Waals surface area contributed by atoms with Crippen LogP contribution in [0.4, 0.5) is 5.69 Å². The van der Waals surface area contributed by atoms with E-state index in [2.05, 4.69) is 11.4 Å². The molecule has 1 rings (SSSR count). The Kier molecular flexibility index (Phi) is 5.29. The normalized spacial score (nSPS) is 15.0. The Balaban J connectivity index is 2.94. The molecule has 1 aromatic rings. The van der Waals surface area contributed by atoms with Crippen LogP contribution in [0.5, 0.6) is 0 Å². The van der Waals surface area contributed by atoms with Crippen molar-refractivity contribution in [2.45, 2.75) is 39.7 Å². The van der Waals surface area contributed by atoms with Crippen molar-refractivity contribution in [1.29, 1.82) is 5.26 Å². The number of hydrogen-bond donors (Lipinski definition) is 2. The van der Waals surface area contributed by atoms with Crippen molar-refractivity contribution in [2.24, 2.45) is 5.92 Å². The van der Waals surface area contributed by atoms with E-state index >= 15 is 0 Å². The van der Waals surface area contributed by atoms with Crippen LogP contribution in [0.1, 0.15) is 50.0 Å². The average Bonchev–Trinajstić information content (AvgIpc) is 2.43. The molecule has 0 bridgehead atoms. The lowest BCUT2D eigenvalue weighted by Gasteiger charge is -2.30. The average molecular weight is 274 g/mol. The number of nitrogens with zero attached hydrogens (tertiary/aromatic N) is 1. The highest BCUT2D eigenvalue weighted by Crippen LogP contribution is 2.23. The van der Waals surface area contributed by atoms with Crippen molar-refractivity contribution in [2.75, 3.05) is 11.9 Å². The molecule has 4 heteroatoms. The van der Waals surface area contributed by atoms with E-state index in [9.17, 15) is 9.90 Å². The molecule has 0 spiro atoms. The zero-order valence-electron chi connectivity index (χ0n) is 12.5. The molecule has 20 heavy (non-hydrogen) atoms. The van der Waals surface area contributed by atoms with Crippen LogP contribution in [0.15, 0.2) is 18.2 Å². The highest BCUT2D eigenvalue weighted by atomic mass is 16.3. The Hall–Kier alpha value is -1.86. The largest absolute Gasteiger partial charge is 0.388 e. The summed E-state index contributed by atoms with van der Waals surface area (Å²) in [4.78, 5) is 11.4. The van der Waals surface area contributed by atoms with Crippen LogP contribution in [0.2, 0.25) is 0 Å². The first kappa shape index (κ1) is 16.2. The van der Waals surface area contributed by atoms with E-state index in [1.165, 1.54) is 6.92 Å². The number of hydrogen-bond acceptors (Lipinski definition) is 4. The predicted octanol–water partition coefficient (Wildman–Crippen LogP) is 2.97. The van der Waals surface area contributed by atoms with Gasteiger partial charge in [0.1, 0.15) is 6.07 Å². The summed E-state index contributed by atoms with van der Waals surface area (Å²) >= 11 is 0. The van der Waals surface area contributed by atoms with E-state index in [-0.39, 0.29) is 11.7 Å². The minimum atomic E-state index is -0.867. The van der Waals surface area contributed by atoms with Gasteiger partial charge in [-0.05, 0) is 38.0 Å². The molecule has 0 aliphatic heterocycles. The molecule has 2 N–H and O–H groups in total. The standard InChI is InChI=1S/C16H22N2O2/c1-5-11(2)16(4,20)10-18-15-8-13(12(3)19)6-7-14(15)9-17/h6-8,11,18,20H,5,10H2,1-4H3. The van der Waals surface area contributed by atoms with Crippen LogP contribution in [0.25, 0.3) is 0 Å². The maximum Gasteiger partial charge on any atom is 0.159 e. The fourth-order valence-corrected chi connectivity index (χ4v) is 1.90. The van der Waals surface area contributed by atoms with Crippen LogP contribution in [-0.2, 0) is 0 Å². The van der Waals surface area contributed by atoms with Crippen molar-refractivity contribution in [3.63, 3.8) is 0 Å². The van der Waals surface area contributed by atoms with Crippen molar-refractivity contribution in [3.05, 3.63) is 29.3 Å². The lowest BCUT2D eigenvalue weighted by atomic mass is 9.88. The highest BCUT2D eigenvalue weighted by Gasteiger charge is 2.26. The Bertz CT molecular complexity index is 530. The summed E-state index contributed by atoms with van der Waals surface area (Å²) in [5, 5.41) is 22.6. The second-order valence-electron chi connectivity index (χ2n) is 5.45. The van der Waals surface area contributed by atoms with E-state index in [1.54, 1.807) is 25.1 Å². The van der Waals surface area contributed by atoms with Gasteiger partial charge < -0.3 is 10.4 Å². The quantitative estimate of drug-likeness (QED) is 0.782. The second kappa shape index (κ2) is 6.53. The molecule has 0 radical (unpaired) electrons. The first-order chi connectivity index (χ1) is 9.31. The number of anilines is 1. The number of ketones is 1. The number of nitriles is 1. The van der Waals surface area contributed by atoms with Gasteiger partial charge in [-0.2, -0.15) is 5.26 Å². The molecule has 0 aliphatic carbocycles. The fraction of sp³-hybridized carbons (Fsp3) is 0.500. The van der Waals surface area contributed by atoms with Gasteiger partial charge in [0.15, 0.2) is 5.78 Å². The van der Waals surface area contributed by atoms with Crippen LogP contribution in [0.3, 0.4) is 0 Å². The number of Topliss-reactive ketones (excluding diaryl/α,β-unsaturated/α-hetero) is 1. The molecular formula is C16H22N2O2. The minimum absolute atomic E-state index is 0.0498. The topological polar surface area (TPSA) is 73.1 Å². The number of carbonyl (C=O) groups excluding carboxylic acids is 1. The highest BCUT2D eigenvalue weighted by molar-refractivity contribution is 5.95. The van der Waals surface area contributed by atoms with Crippen molar-refractivity contribution in [3.8, 4) is 6.07 Å². The third-order valence-electron chi connectivity index (χ3n) is 3.86. The van der Waals surface area contributed by atoms with Crippen molar-refractivity contribution < 1.29 is 9.90 Å². The summed E-state index contributed by atoms with van der Waals surface area (Å²) in [5.74, 6) is 0.0859. The molecule has 1 aromatic carbocycles. The van der Waals surface area contributed by atoms with Gasteiger partial charge in [-0.25, -0.2) is 0 Å². The molecule has 2 atom stereocenters. The molecule has 0 aliphatic rings. The third-order valence-corrected chi connectivity index (χ3v) is 3.86. The lowest BCUT2D eigenvalue weighted by molar-refractivity contribution is 0.0176. The number of rotatable bonds is 6. The van der Waals surface area contributed by atoms with E-state index in [0.717, 1.165) is 6.42 Å². The van der Waals surface area contributed by atoms with Gasteiger partial charge >= 0.3 is 0 Å². The molecule has 4 nitrogen and oxygen atoms in total. The van der Waals surface area contributed by atoms with Crippen molar-refractivity contribution >= 4 is 11.5 Å². The first-order valence-electron chi connectivity index (χ1n) is 6.83. The molecule has 0 saturated heterocycles. The zero-order chi connectivity index (χ0) is 15.3. The minimum Gasteiger partial charge on any atom is -0.388 e. The Labute approximate surface area is 120 Å². The molecule has 0 saturated carbocycles. The SMILES string of the molecule is CCC(C)C(C)(O)CNc1cc(C(C)=O)ccc1C#N. The van der Waals surface area contributed by atoms with Crippen LogP contribution >= 0.6 is 0 Å². The molecular weight excluding hydrogens is 252 g/mol. The molecule has 108 valence electrons. The number of aliphatic hydroxyl groups is 1. The molecule has 0 heterocycles. The summed E-state index contributed by atoms with van der Waals surface area (Å²) < 4.78 is 0. The van der Waals surface area contributed by atoms with Crippen LogP contribution in [-0.4, -0.2) is 23.0 Å². The maximum atomic E-state index is 11.4. The molecule has 0 aromatic heterocycles.